The summed E-state index contributed by atoms with van der Waals surface area (Å²) in [5.74, 6) is 0.300. The second-order valence-electron chi connectivity index (χ2n) is 5.20. The van der Waals surface area contributed by atoms with Gasteiger partial charge in [-0.2, -0.15) is 5.26 Å². The number of aromatic nitrogens is 1. The van der Waals surface area contributed by atoms with Crippen LogP contribution in [0.4, 0.5) is 5.69 Å². The van der Waals surface area contributed by atoms with E-state index >= 15 is 0 Å². The largest absolute Gasteiger partial charge is 0.325 e. The van der Waals surface area contributed by atoms with Crippen molar-refractivity contribution in [2.45, 2.75) is 24.8 Å². The molecule has 0 aliphatic heterocycles. The van der Waals surface area contributed by atoms with E-state index < -0.39 is 0 Å². The first-order valence-corrected chi connectivity index (χ1v) is 8.45. The van der Waals surface area contributed by atoms with Gasteiger partial charge in [0.2, 0.25) is 5.91 Å². The second-order valence-corrected chi connectivity index (χ2v) is 6.60. The highest BCUT2D eigenvalue weighted by atomic mass is 35.5. The Bertz CT molecular complexity index is 738. The summed E-state index contributed by atoms with van der Waals surface area (Å²) in [5.41, 5.74) is 2.08. The smallest absolute Gasteiger partial charge is 0.234 e. The SMILES string of the molecule is CC(C)c1ccc(C#N)c(SCC(=O)Nc2ccc(Cl)cc2)n1. The number of carbonyl (C=O) groups excluding carboxylic acids is 1. The van der Waals surface area contributed by atoms with E-state index in [1.54, 1.807) is 30.3 Å². The number of hydrogen-bond donors (Lipinski definition) is 1. The third kappa shape index (κ3) is 4.98. The van der Waals surface area contributed by atoms with Crippen LogP contribution in [0.5, 0.6) is 0 Å². The van der Waals surface area contributed by atoms with Crippen LogP contribution >= 0.6 is 23.4 Å². The third-order valence-corrected chi connectivity index (χ3v) is 4.30. The maximum Gasteiger partial charge on any atom is 0.234 e. The number of nitrogens with one attached hydrogen (secondary N) is 1. The zero-order valence-corrected chi connectivity index (χ0v) is 14.4. The first-order chi connectivity index (χ1) is 11.0. The first-order valence-electron chi connectivity index (χ1n) is 7.09. The van der Waals surface area contributed by atoms with Crippen LogP contribution in [-0.4, -0.2) is 16.6 Å². The number of pyridine rings is 1. The average molecular weight is 346 g/mol. The summed E-state index contributed by atoms with van der Waals surface area (Å²) in [6, 6.07) is 12.6. The molecule has 0 aliphatic rings. The predicted octanol–water partition coefficient (Wildman–Crippen LogP) is 4.46. The van der Waals surface area contributed by atoms with Crippen LogP contribution in [0.2, 0.25) is 5.02 Å². The molecule has 1 N–H and O–H groups in total. The van der Waals surface area contributed by atoms with Crippen molar-refractivity contribution in [3.05, 3.63) is 52.7 Å². The predicted molar refractivity (Wildman–Crippen MR) is 93.8 cm³/mol. The van der Waals surface area contributed by atoms with Crippen LogP contribution in [0.3, 0.4) is 0 Å². The molecule has 6 heteroatoms. The van der Waals surface area contributed by atoms with Crippen molar-refractivity contribution >= 4 is 35.0 Å². The standard InChI is InChI=1S/C17H16ClN3OS/c1-11(2)15-8-3-12(9-19)17(21-15)23-10-16(22)20-14-6-4-13(18)5-7-14/h3-8,11H,10H2,1-2H3,(H,20,22). The molecule has 118 valence electrons. The molecule has 4 nitrogen and oxygen atoms in total. The van der Waals surface area contributed by atoms with E-state index in [4.69, 9.17) is 16.9 Å². The maximum absolute atomic E-state index is 12.0. The van der Waals surface area contributed by atoms with Gasteiger partial charge in [0.05, 0.1) is 11.3 Å². The van der Waals surface area contributed by atoms with Crippen LogP contribution in [0.15, 0.2) is 41.4 Å². The Labute approximate surface area is 144 Å². The van der Waals surface area contributed by atoms with Gasteiger partial charge in [-0.3, -0.25) is 4.79 Å². The van der Waals surface area contributed by atoms with Crippen LogP contribution in [0.25, 0.3) is 0 Å². The van der Waals surface area contributed by atoms with E-state index in [-0.39, 0.29) is 17.6 Å². The quantitative estimate of drug-likeness (QED) is 0.812. The lowest BCUT2D eigenvalue weighted by Crippen LogP contribution is -2.14. The number of carbonyl (C=O) groups is 1. The summed E-state index contributed by atoms with van der Waals surface area (Å²) in [5, 5.41) is 13.1. The molecule has 0 spiro atoms. The molecule has 2 aromatic rings. The molecule has 1 heterocycles. The van der Waals surface area contributed by atoms with Gasteiger partial charge in [-0.15, -0.1) is 0 Å². The van der Waals surface area contributed by atoms with Gasteiger partial charge in [0, 0.05) is 16.4 Å². The minimum absolute atomic E-state index is 0.155. The summed E-state index contributed by atoms with van der Waals surface area (Å²) in [4.78, 5) is 16.5. The molecule has 0 radical (unpaired) electrons. The van der Waals surface area contributed by atoms with E-state index in [2.05, 4.69) is 16.4 Å². The molecule has 1 aromatic heterocycles. The molecule has 23 heavy (non-hydrogen) atoms. The molecule has 0 atom stereocenters. The van der Waals surface area contributed by atoms with E-state index in [1.165, 1.54) is 11.8 Å². The fourth-order valence-electron chi connectivity index (χ4n) is 1.84. The van der Waals surface area contributed by atoms with Crippen molar-refractivity contribution in [1.29, 1.82) is 5.26 Å². The molecule has 0 aliphatic carbocycles. The second kappa shape index (κ2) is 8.00. The normalized spacial score (nSPS) is 10.4. The number of benzene rings is 1. The number of amides is 1. The Morgan fingerprint density at radius 3 is 2.61 bits per heavy atom. The van der Waals surface area contributed by atoms with Gasteiger partial charge in [-0.25, -0.2) is 4.98 Å². The number of nitriles is 1. The molecule has 0 saturated heterocycles. The van der Waals surface area contributed by atoms with Gasteiger partial charge in [0.15, 0.2) is 0 Å². The molecular weight excluding hydrogens is 330 g/mol. The zero-order valence-electron chi connectivity index (χ0n) is 12.8. The molecule has 0 saturated carbocycles. The number of rotatable bonds is 5. The topological polar surface area (TPSA) is 65.8 Å². The lowest BCUT2D eigenvalue weighted by molar-refractivity contribution is -0.113. The minimum Gasteiger partial charge on any atom is -0.325 e. The van der Waals surface area contributed by atoms with Crippen LogP contribution in [0.1, 0.15) is 31.0 Å². The van der Waals surface area contributed by atoms with E-state index in [0.29, 0.717) is 21.3 Å². The molecule has 1 aromatic carbocycles. The van der Waals surface area contributed by atoms with Crippen LogP contribution < -0.4 is 5.32 Å². The number of nitrogens with zero attached hydrogens (tertiary/aromatic N) is 2. The number of anilines is 1. The highest BCUT2D eigenvalue weighted by Gasteiger charge is 2.11. The molecule has 0 fully saturated rings. The van der Waals surface area contributed by atoms with Crippen molar-refractivity contribution in [2.75, 3.05) is 11.1 Å². The van der Waals surface area contributed by atoms with E-state index in [1.807, 2.05) is 19.9 Å². The maximum atomic E-state index is 12.0. The van der Waals surface area contributed by atoms with Gasteiger partial charge in [-0.1, -0.05) is 37.2 Å². The fraction of sp³-hybridized carbons (Fsp3) is 0.235. The Morgan fingerprint density at radius 2 is 2.00 bits per heavy atom. The number of hydrogen-bond acceptors (Lipinski definition) is 4. The van der Waals surface area contributed by atoms with Gasteiger partial charge in [-0.05, 0) is 42.3 Å². The summed E-state index contributed by atoms with van der Waals surface area (Å²) in [7, 11) is 0. The Balaban J connectivity index is 2.02. The number of halogens is 1. The lowest BCUT2D eigenvalue weighted by Gasteiger charge is -2.09. The minimum atomic E-state index is -0.155. The molecule has 1 amide bonds. The monoisotopic (exact) mass is 345 g/mol. The Morgan fingerprint density at radius 1 is 1.30 bits per heavy atom. The zero-order chi connectivity index (χ0) is 16.8. The summed E-state index contributed by atoms with van der Waals surface area (Å²) in [6.45, 7) is 4.08. The lowest BCUT2D eigenvalue weighted by atomic mass is 10.1. The van der Waals surface area contributed by atoms with Gasteiger partial charge in [0.25, 0.3) is 0 Å². The Hall–Kier alpha value is -2.03. The molecular formula is C17H16ClN3OS. The van der Waals surface area contributed by atoms with Crippen molar-refractivity contribution in [3.8, 4) is 6.07 Å². The molecule has 0 unspecified atom stereocenters. The summed E-state index contributed by atoms with van der Waals surface area (Å²) >= 11 is 7.07. The number of thioether (sulfide) groups is 1. The van der Waals surface area contributed by atoms with Gasteiger partial charge < -0.3 is 5.32 Å². The highest BCUT2D eigenvalue weighted by Crippen LogP contribution is 2.23. The van der Waals surface area contributed by atoms with Crippen LogP contribution in [-0.2, 0) is 4.79 Å². The van der Waals surface area contributed by atoms with Crippen molar-refractivity contribution in [2.24, 2.45) is 0 Å². The Kier molecular flexibility index (Phi) is 6.03. The van der Waals surface area contributed by atoms with Crippen molar-refractivity contribution < 1.29 is 4.79 Å². The summed E-state index contributed by atoms with van der Waals surface area (Å²) < 4.78 is 0. The van der Waals surface area contributed by atoms with Crippen molar-refractivity contribution in [3.63, 3.8) is 0 Å². The third-order valence-electron chi connectivity index (χ3n) is 3.06. The van der Waals surface area contributed by atoms with Gasteiger partial charge >= 0.3 is 0 Å². The van der Waals surface area contributed by atoms with E-state index in [0.717, 1.165) is 5.69 Å². The molecule has 0 bridgehead atoms. The highest BCUT2D eigenvalue weighted by molar-refractivity contribution is 8.00. The first kappa shape index (κ1) is 17.3. The van der Waals surface area contributed by atoms with Crippen LogP contribution in [0, 0.1) is 11.3 Å². The fourth-order valence-corrected chi connectivity index (χ4v) is 2.74. The van der Waals surface area contributed by atoms with E-state index in [9.17, 15) is 4.79 Å². The molecule has 2 rings (SSSR count). The average Bonchev–Trinajstić information content (AvgIpc) is 2.54. The summed E-state index contributed by atoms with van der Waals surface area (Å²) in [6.07, 6.45) is 0. The van der Waals surface area contributed by atoms with Gasteiger partial charge in [0.1, 0.15) is 11.1 Å². The van der Waals surface area contributed by atoms with Crippen molar-refractivity contribution in [1.82, 2.24) is 4.98 Å².